The van der Waals surface area contributed by atoms with Crippen LogP contribution in [0.15, 0.2) is 18.7 Å². The van der Waals surface area contributed by atoms with Gasteiger partial charge < -0.3 is 10.1 Å². The van der Waals surface area contributed by atoms with Gasteiger partial charge >= 0.3 is 5.97 Å². The normalized spacial score (nSPS) is 14.5. The van der Waals surface area contributed by atoms with E-state index in [4.69, 9.17) is 4.74 Å². The molecule has 1 aliphatic carbocycles. The molecule has 0 spiro atoms. The third-order valence-corrected chi connectivity index (χ3v) is 4.69. The monoisotopic (exact) mass is 307 g/mol. The van der Waals surface area contributed by atoms with Gasteiger partial charge in [0.1, 0.15) is 4.88 Å². The summed E-state index contributed by atoms with van der Waals surface area (Å²) >= 11 is 1.51. The first-order chi connectivity index (χ1) is 10.2. The van der Waals surface area contributed by atoms with Crippen molar-refractivity contribution in [3.8, 4) is 0 Å². The molecule has 21 heavy (non-hydrogen) atoms. The fraction of sp³-hybridized carbons (Fsp3) is 0.500. The van der Waals surface area contributed by atoms with Gasteiger partial charge in [-0.25, -0.2) is 4.79 Å². The van der Waals surface area contributed by atoms with Crippen molar-refractivity contribution < 1.29 is 14.3 Å². The molecule has 1 aliphatic rings. The highest BCUT2D eigenvalue weighted by atomic mass is 32.1. The molecule has 0 bridgehead atoms. The zero-order valence-corrected chi connectivity index (χ0v) is 13.0. The average molecular weight is 307 g/mol. The molecule has 5 heteroatoms. The van der Waals surface area contributed by atoms with Gasteiger partial charge in [-0.1, -0.05) is 18.9 Å². The summed E-state index contributed by atoms with van der Waals surface area (Å²) in [5, 5.41) is 2.57. The maximum Gasteiger partial charge on any atom is 0.348 e. The largest absolute Gasteiger partial charge is 0.451 e. The van der Waals surface area contributed by atoms with Crippen molar-refractivity contribution in [1.29, 1.82) is 0 Å². The highest BCUT2D eigenvalue weighted by Gasteiger charge is 2.17. The zero-order valence-electron chi connectivity index (χ0n) is 12.2. The summed E-state index contributed by atoms with van der Waals surface area (Å²) in [6, 6.07) is 1.94. The van der Waals surface area contributed by atoms with E-state index in [-0.39, 0.29) is 12.5 Å². The highest BCUT2D eigenvalue weighted by Crippen LogP contribution is 2.28. The summed E-state index contributed by atoms with van der Waals surface area (Å²) in [6.07, 6.45) is 8.57. The SMILES string of the molecule is C=CCNC(=O)COC(=O)c1cc2c(s1)CCCCCC2. The number of hydrogen-bond acceptors (Lipinski definition) is 4. The van der Waals surface area contributed by atoms with Crippen LogP contribution in [0.5, 0.6) is 0 Å². The molecule has 0 atom stereocenters. The second-order valence-electron chi connectivity index (χ2n) is 5.14. The molecule has 2 rings (SSSR count). The zero-order chi connectivity index (χ0) is 15.1. The second-order valence-corrected chi connectivity index (χ2v) is 6.28. The van der Waals surface area contributed by atoms with Gasteiger partial charge in [0.05, 0.1) is 0 Å². The maximum atomic E-state index is 12.0. The number of carbonyl (C=O) groups is 2. The Bertz CT molecular complexity index is 496. The molecule has 1 amide bonds. The Morgan fingerprint density at radius 3 is 2.81 bits per heavy atom. The topological polar surface area (TPSA) is 55.4 Å². The first kappa shape index (κ1) is 15.8. The molecule has 1 aromatic heterocycles. The summed E-state index contributed by atoms with van der Waals surface area (Å²) in [6.45, 7) is 3.64. The molecular weight excluding hydrogens is 286 g/mol. The third-order valence-electron chi connectivity index (χ3n) is 3.48. The van der Waals surface area contributed by atoms with E-state index in [9.17, 15) is 9.59 Å². The van der Waals surface area contributed by atoms with Crippen LogP contribution in [0.1, 0.15) is 45.8 Å². The number of ether oxygens (including phenoxy) is 1. The Hall–Kier alpha value is -1.62. The minimum atomic E-state index is -0.402. The quantitative estimate of drug-likeness (QED) is 0.672. The summed E-state index contributed by atoms with van der Waals surface area (Å²) < 4.78 is 5.05. The fourth-order valence-corrected chi connectivity index (χ4v) is 3.53. The lowest BCUT2D eigenvalue weighted by Crippen LogP contribution is -2.28. The van der Waals surface area contributed by atoms with E-state index in [1.165, 1.54) is 47.5 Å². The lowest BCUT2D eigenvalue weighted by Gasteiger charge is -2.07. The van der Waals surface area contributed by atoms with Crippen LogP contribution in [-0.2, 0) is 22.4 Å². The minimum Gasteiger partial charge on any atom is -0.451 e. The van der Waals surface area contributed by atoms with E-state index in [1.54, 1.807) is 6.08 Å². The molecule has 1 N–H and O–H groups in total. The van der Waals surface area contributed by atoms with Crippen LogP contribution in [0.4, 0.5) is 0 Å². The van der Waals surface area contributed by atoms with Crippen molar-refractivity contribution in [2.24, 2.45) is 0 Å². The number of esters is 1. The number of thiophene rings is 1. The molecule has 0 saturated heterocycles. The second kappa shape index (κ2) is 7.98. The third kappa shape index (κ3) is 4.70. The molecule has 0 aromatic carbocycles. The molecular formula is C16H21NO3S. The van der Waals surface area contributed by atoms with E-state index in [0.29, 0.717) is 11.4 Å². The summed E-state index contributed by atoms with van der Waals surface area (Å²) in [5.41, 5.74) is 1.28. The van der Waals surface area contributed by atoms with Gasteiger partial charge in [0.15, 0.2) is 6.61 Å². The average Bonchev–Trinajstić information content (AvgIpc) is 2.85. The number of fused-ring (bicyclic) bond motifs is 1. The van der Waals surface area contributed by atoms with Crippen LogP contribution in [0, 0.1) is 0 Å². The minimum absolute atomic E-state index is 0.241. The summed E-state index contributed by atoms with van der Waals surface area (Å²) in [5.74, 6) is -0.710. The van der Waals surface area contributed by atoms with Gasteiger partial charge in [0.25, 0.3) is 5.91 Å². The smallest absolute Gasteiger partial charge is 0.348 e. The van der Waals surface area contributed by atoms with Crippen LogP contribution >= 0.6 is 11.3 Å². The fourth-order valence-electron chi connectivity index (χ4n) is 2.38. The molecule has 4 nitrogen and oxygen atoms in total. The number of amides is 1. The predicted molar refractivity (Wildman–Crippen MR) is 83.7 cm³/mol. The van der Waals surface area contributed by atoms with Gasteiger partial charge in [0.2, 0.25) is 0 Å². The highest BCUT2D eigenvalue weighted by molar-refractivity contribution is 7.14. The molecule has 0 aliphatic heterocycles. The van der Waals surface area contributed by atoms with Crippen LogP contribution in [0.25, 0.3) is 0 Å². The molecule has 0 unspecified atom stereocenters. The summed E-state index contributed by atoms with van der Waals surface area (Å²) in [4.78, 5) is 25.3. The Kier molecular flexibility index (Phi) is 5.99. The Labute approximate surface area is 129 Å². The van der Waals surface area contributed by atoms with Gasteiger partial charge in [-0.15, -0.1) is 17.9 Å². The molecule has 114 valence electrons. The standard InChI is InChI=1S/C16H21NO3S/c1-2-9-17-15(18)11-20-16(19)14-10-12-7-5-3-4-6-8-13(12)21-14/h2,10H,1,3-9,11H2,(H,17,18). The number of rotatable bonds is 5. The van der Waals surface area contributed by atoms with E-state index >= 15 is 0 Å². The lowest BCUT2D eigenvalue weighted by atomic mass is 10.00. The van der Waals surface area contributed by atoms with Crippen LogP contribution in [-0.4, -0.2) is 25.0 Å². The van der Waals surface area contributed by atoms with Crippen molar-refractivity contribution >= 4 is 23.2 Å². The van der Waals surface area contributed by atoms with Crippen molar-refractivity contribution in [1.82, 2.24) is 5.32 Å². The van der Waals surface area contributed by atoms with Crippen LogP contribution < -0.4 is 5.32 Å². The van der Waals surface area contributed by atoms with Crippen LogP contribution in [0.3, 0.4) is 0 Å². The number of aryl methyl sites for hydroxylation is 2. The van der Waals surface area contributed by atoms with Crippen LogP contribution in [0.2, 0.25) is 0 Å². The van der Waals surface area contributed by atoms with Gasteiger partial charge in [-0.2, -0.15) is 0 Å². The lowest BCUT2D eigenvalue weighted by molar-refractivity contribution is -0.124. The molecule has 1 heterocycles. The van der Waals surface area contributed by atoms with E-state index in [0.717, 1.165) is 12.8 Å². The van der Waals surface area contributed by atoms with Crippen molar-refractivity contribution in [3.05, 3.63) is 34.0 Å². The molecule has 1 aromatic rings. The number of nitrogens with one attached hydrogen (secondary N) is 1. The molecule has 0 fully saturated rings. The van der Waals surface area contributed by atoms with Gasteiger partial charge in [-0.3, -0.25) is 4.79 Å². The Balaban J connectivity index is 1.91. The summed E-state index contributed by atoms with van der Waals surface area (Å²) in [7, 11) is 0. The van der Waals surface area contributed by atoms with Gasteiger partial charge in [0, 0.05) is 11.4 Å². The molecule has 0 saturated carbocycles. The van der Waals surface area contributed by atoms with E-state index in [2.05, 4.69) is 11.9 Å². The van der Waals surface area contributed by atoms with Crippen molar-refractivity contribution in [2.75, 3.05) is 13.2 Å². The first-order valence-corrected chi connectivity index (χ1v) is 8.18. The van der Waals surface area contributed by atoms with Gasteiger partial charge in [-0.05, 0) is 37.3 Å². The van der Waals surface area contributed by atoms with Crippen molar-refractivity contribution in [3.63, 3.8) is 0 Å². The number of carbonyl (C=O) groups excluding carboxylic acids is 2. The Morgan fingerprint density at radius 2 is 2.05 bits per heavy atom. The Morgan fingerprint density at radius 1 is 1.29 bits per heavy atom. The van der Waals surface area contributed by atoms with E-state index < -0.39 is 5.97 Å². The van der Waals surface area contributed by atoms with E-state index in [1.807, 2.05) is 6.07 Å². The van der Waals surface area contributed by atoms with Crippen molar-refractivity contribution in [2.45, 2.75) is 38.5 Å². The number of hydrogen-bond donors (Lipinski definition) is 1. The predicted octanol–water partition coefficient (Wildman–Crippen LogP) is 2.87. The first-order valence-electron chi connectivity index (χ1n) is 7.37. The molecule has 0 radical (unpaired) electrons. The maximum absolute atomic E-state index is 12.0.